The van der Waals surface area contributed by atoms with Crippen LogP contribution in [0.1, 0.15) is 32.4 Å². The summed E-state index contributed by atoms with van der Waals surface area (Å²) in [6, 6.07) is 3.83. The number of benzene rings is 1. The van der Waals surface area contributed by atoms with Gasteiger partial charge >= 0.3 is 6.36 Å². The highest BCUT2D eigenvalue weighted by Crippen LogP contribution is 2.36. The molecule has 162 valence electrons. The normalized spacial score (nSPS) is 11.9. The van der Waals surface area contributed by atoms with Gasteiger partial charge in [-0.25, -0.2) is 14.6 Å². The topological polar surface area (TPSA) is 71.3 Å². The van der Waals surface area contributed by atoms with Crippen molar-refractivity contribution < 1.29 is 27.4 Å². The van der Waals surface area contributed by atoms with Gasteiger partial charge in [0.15, 0.2) is 11.2 Å². The Balaban J connectivity index is 2.07. The van der Waals surface area contributed by atoms with Gasteiger partial charge in [0.1, 0.15) is 17.6 Å². The maximum absolute atomic E-state index is 12.5. The maximum atomic E-state index is 12.5. The van der Waals surface area contributed by atoms with E-state index in [4.69, 9.17) is 9.47 Å². The van der Waals surface area contributed by atoms with Gasteiger partial charge in [0.25, 0.3) is 5.88 Å². The van der Waals surface area contributed by atoms with E-state index < -0.39 is 6.36 Å². The number of rotatable bonds is 7. The van der Waals surface area contributed by atoms with Crippen molar-refractivity contribution in [3.05, 3.63) is 23.9 Å². The Labute approximate surface area is 171 Å². The van der Waals surface area contributed by atoms with Gasteiger partial charge in [-0.1, -0.05) is 13.8 Å². The van der Waals surface area contributed by atoms with Crippen LogP contribution < -0.4 is 14.2 Å². The number of alkyl halides is 3. The molecule has 0 bridgehead atoms. The van der Waals surface area contributed by atoms with E-state index >= 15 is 0 Å². The zero-order valence-corrected chi connectivity index (χ0v) is 17.4. The molecule has 0 fully saturated rings. The third-order valence-electron chi connectivity index (χ3n) is 4.65. The quantitative estimate of drug-likeness (QED) is 0.542. The highest BCUT2D eigenvalue weighted by molar-refractivity contribution is 5.81. The molecule has 3 rings (SSSR count). The lowest BCUT2D eigenvalue weighted by molar-refractivity contribution is -0.274. The molecule has 0 saturated heterocycles. The largest absolute Gasteiger partial charge is 0.573 e. The Hall–Kier alpha value is -3.04. The van der Waals surface area contributed by atoms with Gasteiger partial charge in [-0.2, -0.15) is 0 Å². The van der Waals surface area contributed by atoms with Crippen molar-refractivity contribution >= 4 is 11.2 Å². The summed E-state index contributed by atoms with van der Waals surface area (Å²) in [6.45, 7) is 5.83. The Morgan fingerprint density at radius 2 is 1.83 bits per heavy atom. The fraction of sp³-hybridized carbons (Fsp3) is 0.450. The molecule has 0 N–H and O–H groups in total. The minimum atomic E-state index is -4.79. The van der Waals surface area contributed by atoms with Gasteiger partial charge in [-0.15, -0.1) is 18.3 Å². The van der Waals surface area contributed by atoms with Gasteiger partial charge in [0.05, 0.1) is 18.5 Å². The molecule has 0 aliphatic rings. The summed E-state index contributed by atoms with van der Waals surface area (Å²) in [4.78, 5) is 9.27. The fourth-order valence-electron chi connectivity index (χ4n) is 3.12. The lowest BCUT2D eigenvalue weighted by Crippen LogP contribution is -2.17. The molecule has 0 amide bonds. The molecule has 0 aliphatic heterocycles. The van der Waals surface area contributed by atoms with E-state index in [-0.39, 0.29) is 17.6 Å². The molecule has 2 heterocycles. The van der Waals surface area contributed by atoms with Gasteiger partial charge in [0.2, 0.25) is 0 Å². The van der Waals surface area contributed by atoms with Crippen LogP contribution in [-0.2, 0) is 7.05 Å². The van der Waals surface area contributed by atoms with Crippen LogP contribution in [0.2, 0.25) is 0 Å². The Kier molecular flexibility index (Phi) is 6.04. The van der Waals surface area contributed by atoms with E-state index in [0.29, 0.717) is 34.0 Å². The van der Waals surface area contributed by atoms with E-state index in [1.165, 1.54) is 25.3 Å². The van der Waals surface area contributed by atoms with E-state index in [1.54, 1.807) is 18.7 Å². The molecule has 0 atom stereocenters. The number of fused-ring (bicyclic) bond motifs is 1. The van der Waals surface area contributed by atoms with Crippen LogP contribution in [0.3, 0.4) is 0 Å². The summed E-state index contributed by atoms with van der Waals surface area (Å²) in [5, 5.41) is 4.39. The second-order valence-electron chi connectivity index (χ2n) is 6.72. The van der Waals surface area contributed by atoms with Gasteiger partial charge in [-0.3, -0.25) is 0 Å². The second kappa shape index (κ2) is 8.37. The van der Waals surface area contributed by atoms with Crippen molar-refractivity contribution in [1.29, 1.82) is 0 Å². The highest BCUT2D eigenvalue weighted by atomic mass is 19.4. The average Bonchev–Trinajstić information content (AvgIpc) is 2.98. The van der Waals surface area contributed by atoms with Gasteiger partial charge in [-0.05, 0) is 31.9 Å². The molecule has 0 saturated carbocycles. The minimum Gasteiger partial charge on any atom is -0.496 e. The molecule has 2 aromatic heterocycles. The number of hydrogen-bond donors (Lipinski definition) is 0. The molecular formula is C20H23F3N4O3. The maximum Gasteiger partial charge on any atom is 0.573 e. The first-order chi connectivity index (χ1) is 14.2. The van der Waals surface area contributed by atoms with Crippen LogP contribution in [0.4, 0.5) is 13.2 Å². The predicted octanol–water partition coefficient (Wildman–Crippen LogP) is 4.81. The first-order valence-corrected chi connectivity index (χ1v) is 9.48. The molecule has 0 unspecified atom stereocenters. The third kappa shape index (κ3) is 4.42. The number of aryl methyl sites for hydroxylation is 2. The van der Waals surface area contributed by atoms with Crippen molar-refractivity contribution in [2.45, 2.75) is 46.1 Å². The number of halogens is 3. The SMILES string of the molecule is CCC(CC)Oc1nn(C)c2nc(-c3ccc(OC(F)(F)F)cc3OC)c(C)nc12. The summed E-state index contributed by atoms with van der Waals surface area (Å²) in [6.07, 6.45) is -3.10. The van der Waals surface area contributed by atoms with Crippen molar-refractivity contribution in [2.75, 3.05) is 7.11 Å². The monoisotopic (exact) mass is 424 g/mol. The van der Waals surface area contributed by atoms with Crippen LogP contribution in [0.5, 0.6) is 17.4 Å². The first kappa shape index (κ1) is 21.7. The summed E-state index contributed by atoms with van der Waals surface area (Å²) in [7, 11) is 3.09. The number of ether oxygens (including phenoxy) is 3. The van der Waals surface area contributed by atoms with Crippen LogP contribution >= 0.6 is 0 Å². The minimum absolute atomic E-state index is 0.0196. The summed E-state index contributed by atoms with van der Waals surface area (Å²) in [5.74, 6) is 0.213. The van der Waals surface area contributed by atoms with Crippen molar-refractivity contribution in [2.24, 2.45) is 7.05 Å². The summed E-state index contributed by atoms with van der Waals surface area (Å²) in [5.41, 5.74) is 2.54. The van der Waals surface area contributed by atoms with Gasteiger partial charge < -0.3 is 14.2 Å². The van der Waals surface area contributed by atoms with Crippen LogP contribution in [0.15, 0.2) is 18.2 Å². The molecule has 0 aliphatic carbocycles. The van der Waals surface area contributed by atoms with E-state index in [1.807, 2.05) is 13.8 Å². The molecule has 7 nitrogen and oxygen atoms in total. The van der Waals surface area contributed by atoms with E-state index in [2.05, 4.69) is 19.8 Å². The number of nitrogens with zero attached hydrogens (tertiary/aromatic N) is 4. The molecule has 10 heteroatoms. The van der Waals surface area contributed by atoms with Crippen LogP contribution in [0.25, 0.3) is 22.4 Å². The lowest BCUT2D eigenvalue weighted by atomic mass is 10.1. The van der Waals surface area contributed by atoms with Crippen molar-refractivity contribution in [1.82, 2.24) is 19.7 Å². The van der Waals surface area contributed by atoms with Crippen LogP contribution in [0, 0.1) is 6.92 Å². The molecular weight excluding hydrogens is 401 g/mol. The standard InChI is InChI=1S/C20H23F3N4O3/c1-6-12(7-2)29-19-17-18(27(4)26-19)25-16(11(3)24-17)14-9-8-13(10-15(14)28-5)30-20(21,22)23/h8-10,12H,6-7H2,1-5H3. The molecule has 0 radical (unpaired) electrons. The average molecular weight is 424 g/mol. The number of methoxy groups -OCH3 is 1. The van der Waals surface area contributed by atoms with Crippen molar-refractivity contribution in [3.8, 4) is 28.6 Å². The zero-order chi connectivity index (χ0) is 22.1. The predicted molar refractivity (Wildman–Crippen MR) is 105 cm³/mol. The number of aromatic nitrogens is 4. The second-order valence-corrected chi connectivity index (χ2v) is 6.72. The van der Waals surface area contributed by atoms with Crippen molar-refractivity contribution in [3.63, 3.8) is 0 Å². The molecule has 30 heavy (non-hydrogen) atoms. The summed E-state index contributed by atoms with van der Waals surface area (Å²) < 4.78 is 54.3. The Bertz CT molecular complexity index is 1050. The Morgan fingerprint density at radius 1 is 1.13 bits per heavy atom. The molecule has 1 aromatic carbocycles. The van der Waals surface area contributed by atoms with E-state index in [0.717, 1.165) is 12.8 Å². The van der Waals surface area contributed by atoms with E-state index in [9.17, 15) is 13.2 Å². The smallest absolute Gasteiger partial charge is 0.496 e. The fourth-order valence-corrected chi connectivity index (χ4v) is 3.12. The molecule has 0 spiro atoms. The van der Waals surface area contributed by atoms with Gasteiger partial charge in [0, 0.05) is 18.7 Å². The first-order valence-electron chi connectivity index (χ1n) is 9.48. The zero-order valence-electron chi connectivity index (χ0n) is 17.4. The lowest BCUT2D eigenvalue weighted by Gasteiger charge is -2.14. The highest BCUT2D eigenvalue weighted by Gasteiger charge is 2.31. The number of hydrogen-bond acceptors (Lipinski definition) is 6. The third-order valence-corrected chi connectivity index (χ3v) is 4.65. The molecule has 3 aromatic rings. The summed E-state index contributed by atoms with van der Waals surface area (Å²) >= 11 is 0. The van der Waals surface area contributed by atoms with Crippen LogP contribution in [-0.4, -0.2) is 39.3 Å². The Morgan fingerprint density at radius 3 is 2.43 bits per heavy atom.